The number of halogens is 12. The van der Waals surface area contributed by atoms with Crippen molar-refractivity contribution in [3.63, 3.8) is 0 Å². The molecule has 0 aromatic heterocycles. The summed E-state index contributed by atoms with van der Waals surface area (Å²) in [5.41, 5.74) is -9.64. The zero-order chi connectivity index (χ0) is 85.1. The van der Waals surface area contributed by atoms with Gasteiger partial charge >= 0.3 is 48.6 Å². The fourth-order valence-electron chi connectivity index (χ4n) is 12.1. The highest BCUT2D eigenvalue weighted by atomic mass is 19.4. The summed E-state index contributed by atoms with van der Waals surface area (Å²) in [4.78, 5) is 46.4. The van der Waals surface area contributed by atoms with Crippen LogP contribution in [0, 0.1) is 78.8 Å². The van der Waals surface area contributed by atoms with Crippen molar-refractivity contribution >= 4 is 23.9 Å². The van der Waals surface area contributed by atoms with Gasteiger partial charge in [-0.2, -0.15) is 52.7 Å². The Kier molecular flexibility index (Phi) is 106. The summed E-state index contributed by atoms with van der Waals surface area (Å²) in [6.07, 6.45) is 5.58. The fraction of sp³-hybridized carbons (Fsp3) is 0.961. The van der Waals surface area contributed by atoms with E-state index in [4.69, 9.17) is 18.9 Å². The summed E-state index contributed by atoms with van der Waals surface area (Å²) >= 11 is 0. The van der Waals surface area contributed by atoms with Gasteiger partial charge < -0.3 is 18.9 Å². The Morgan fingerprint density at radius 1 is 0.279 bits per heavy atom. The standard InChI is InChI=1S/C16H27F3O2.C12H19F3O2.C11H22.2C10H17F3O2.3C9H20.16CH4/c1-6-15(5,16(17,18)19)13(20)21-12-9-7-11(8-10-12)14(2,3)4;1-3-11(2,12(13,14)15)10(16)17-9-7-5-4-6-8-9;1-3-10(2)9-11-7-5-4-6-8-11;2*1-6-9(5,10(11,12)13)7(14)15-8(2,3)4;3*1-6-8(2)7-9(3,4)5;;;;;;;;;;;;;;;;/h11-12H,6-10H2,1-5H3;9H,3-8H2,1-2H3;10-11H,3-9H2,1-2H3;2*6H2,1-5H3;3*8H,6-7H2,1-5H3;16*1H4. The second kappa shape index (κ2) is 74.8. The molecule has 0 aromatic rings. The molecule has 3 fully saturated rings. The highest BCUT2D eigenvalue weighted by molar-refractivity contribution is 5.79. The Hall–Kier alpha value is -2.96. The van der Waals surface area contributed by atoms with Gasteiger partial charge in [-0.1, -0.05) is 349 Å². The molecule has 20 heteroatoms. The lowest BCUT2D eigenvalue weighted by atomic mass is 9.72. The van der Waals surface area contributed by atoms with Crippen molar-refractivity contribution in [3.05, 3.63) is 0 Å². The molecule has 0 amide bonds. The quantitative estimate of drug-likeness (QED) is 0.0715. The van der Waals surface area contributed by atoms with Gasteiger partial charge in [0.05, 0.1) is 0 Å². The number of carbonyl (C=O) groups excluding carboxylic acids is 4. The van der Waals surface area contributed by atoms with E-state index in [-0.39, 0.29) is 162 Å². The van der Waals surface area contributed by atoms with Crippen LogP contribution >= 0.6 is 0 Å². The van der Waals surface area contributed by atoms with Crippen molar-refractivity contribution in [1.29, 1.82) is 0 Å². The van der Waals surface area contributed by atoms with Gasteiger partial charge in [-0.05, 0) is 229 Å². The summed E-state index contributed by atoms with van der Waals surface area (Å²) in [5.74, 6) is 0.579. The lowest BCUT2D eigenvalue weighted by Gasteiger charge is -2.38. The maximum absolute atomic E-state index is 13.0. The Morgan fingerprint density at radius 2 is 0.475 bits per heavy atom. The van der Waals surface area contributed by atoms with E-state index in [1.54, 1.807) is 0 Å². The van der Waals surface area contributed by atoms with Crippen molar-refractivity contribution in [2.24, 2.45) is 78.8 Å². The summed E-state index contributed by atoms with van der Waals surface area (Å²) in [6.45, 7) is 63.9. The molecule has 8 nitrogen and oxygen atoms in total. The maximum atomic E-state index is 13.0. The molecule has 0 aromatic carbocycles. The molecule has 0 aliphatic heterocycles. The summed E-state index contributed by atoms with van der Waals surface area (Å²) in [7, 11) is 0. The zero-order valence-corrected chi connectivity index (χ0v) is 73.8. The Labute approximate surface area is 759 Å². The van der Waals surface area contributed by atoms with Crippen molar-refractivity contribution in [1.82, 2.24) is 0 Å². The molecule has 3 rings (SSSR count). The fourth-order valence-corrected chi connectivity index (χ4v) is 12.1. The first-order chi connectivity index (χ1) is 47.3. The SMILES string of the molecule is C.C.C.C.C.C.C.C.C.C.C.C.C.C.C.C.CCC(C)(C(=O)OC(C)(C)C)C(F)(F)F.CCC(C)(C(=O)OC(C)(C)C)C(F)(F)F.CCC(C)(C(=O)OC1CCC(C(C)(C)C)CC1)C(F)(F)F.CCC(C)(C(=O)OC1CCCCC1)C(F)(F)F.CCC(C)CC(C)(C)C.CCC(C)CC(C)(C)C.CCC(C)CC(C)(C)C.CCC(C)CC1CCCCC1. The van der Waals surface area contributed by atoms with Gasteiger partial charge in [0.2, 0.25) is 0 Å². The number of rotatable bonds is 19. The van der Waals surface area contributed by atoms with Crippen LogP contribution in [0.4, 0.5) is 52.7 Å². The molecule has 3 aliphatic carbocycles. The van der Waals surface area contributed by atoms with E-state index in [9.17, 15) is 71.9 Å². The van der Waals surface area contributed by atoms with E-state index in [1.807, 2.05) is 0 Å². The van der Waals surface area contributed by atoms with E-state index in [2.05, 4.69) is 138 Å². The van der Waals surface area contributed by atoms with Crippen LogP contribution in [0.3, 0.4) is 0 Å². The van der Waals surface area contributed by atoms with Gasteiger partial charge in [0.15, 0.2) is 21.7 Å². The highest BCUT2D eigenvalue weighted by Gasteiger charge is 2.60. The molecule has 0 radical (unpaired) electrons. The number of alkyl halides is 12. The maximum Gasteiger partial charge on any atom is 0.404 e. The minimum atomic E-state index is -4.58. The molecule has 0 saturated heterocycles. The molecule has 3 saturated carbocycles. The van der Waals surface area contributed by atoms with Crippen molar-refractivity contribution in [3.8, 4) is 0 Å². The number of ether oxygens (including phenoxy) is 4. The van der Waals surface area contributed by atoms with Crippen LogP contribution in [0.2, 0.25) is 0 Å². The second-order valence-electron chi connectivity index (χ2n) is 38.7. The first kappa shape index (κ1) is 173. The summed E-state index contributed by atoms with van der Waals surface area (Å²) < 4.78 is 173. The molecule has 0 N–H and O–H groups in total. The van der Waals surface area contributed by atoms with Gasteiger partial charge in [0.25, 0.3) is 0 Å². The predicted molar refractivity (Wildman–Crippen MR) is 523 cm³/mol. The smallest absolute Gasteiger partial charge is 0.404 e. The van der Waals surface area contributed by atoms with E-state index in [0.717, 1.165) is 89.4 Å². The third-order valence-electron chi connectivity index (χ3n) is 21.1. The minimum Gasteiger partial charge on any atom is -0.462 e. The first-order valence-electron chi connectivity index (χ1n) is 40.5. The third kappa shape index (κ3) is 73.9. The van der Waals surface area contributed by atoms with Gasteiger partial charge in [-0.25, -0.2) is 0 Å². The van der Waals surface area contributed by atoms with Crippen molar-refractivity contribution in [2.75, 3.05) is 0 Å². The van der Waals surface area contributed by atoms with Crippen molar-refractivity contribution < 1.29 is 90.8 Å². The lowest BCUT2D eigenvalue weighted by Crippen LogP contribution is -2.45. The average Bonchev–Trinajstić information content (AvgIpc) is 0.813. The van der Waals surface area contributed by atoms with E-state index >= 15 is 0 Å². The van der Waals surface area contributed by atoms with Gasteiger partial charge in [-0.15, -0.1) is 0 Å². The van der Waals surface area contributed by atoms with E-state index < -0.39 is 81.4 Å². The molecule has 0 heterocycles. The molecular formula is C102H226F12O8. The first-order valence-corrected chi connectivity index (χ1v) is 40.5. The summed E-state index contributed by atoms with van der Waals surface area (Å²) in [5, 5.41) is 0. The Balaban J connectivity index is -0.0000000501. The van der Waals surface area contributed by atoms with Crippen molar-refractivity contribution in [2.45, 2.75) is 569 Å². The van der Waals surface area contributed by atoms with E-state index in [1.165, 1.54) is 153 Å². The Morgan fingerprint density at radius 3 is 0.639 bits per heavy atom. The number of hydrogen-bond acceptors (Lipinski definition) is 8. The van der Waals surface area contributed by atoms with Crippen LogP contribution in [-0.4, -0.2) is 72.0 Å². The molecule has 3 aliphatic rings. The second-order valence-corrected chi connectivity index (χ2v) is 38.7. The van der Waals surface area contributed by atoms with E-state index in [0.29, 0.717) is 47.8 Å². The lowest BCUT2D eigenvalue weighted by molar-refractivity contribution is -0.237. The largest absolute Gasteiger partial charge is 0.462 e. The predicted octanol–water partition coefficient (Wildman–Crippen LogP) is 40.2. The van der Waals surface area contributed by atoms with Gasteiger partial charge in [-0.3, -0.25) is 19.2 Å². The monoisotopic (exact) mass is 1810 g/mol. The van der Waals surface area contributed by atoms with Crippen LogP contribution in [0.1, 0.15) is 521 Å². The summed E-state index contributed by atoms with van der Waals surface area (Å²) in [6, 6.07) is 0. The van der Waals surface area contributed by atoms with Crippen LogP contribution < -0.4 is 0 Å². The Bertz CT molecular complexity index is 2240. The topological polar surface area (TPSA) is 105 Å². The average molecular weight is 1810 g/mol. The molecule has 0 bridgehead atoms. The molecule has 8 unspecified atom stereocenters. The normalized spacial score (nSPS) is 17.5. The number of carbonyl (C=O) groups is 4. The molecular weight excluding hydrogens is 1580 g/mol. The van der Waals surface area contributed by atoms with Crippen LogP contribution in [0.5, 0.6) is 0 Å². The highest BCUT2D eigenvalue weighted by Crippen LogP contribution is 2.47. The van der Waals surface area contributed by atoms with Crippen LogP contribution in [0.25, 0.3) is 0 Å². The van der Waals surface area contributed by atoms with Gasteiger partial charge in [0, 0.05) is 0 Å². The van der Waals surface area contributed by atoms with Gasteiger partial charge in [0.1, 0.15) is 23.4 Å². The number of esters is 4. The number of hydrogen-bond donors (Lipinski definition) is 0. The molecule has 0 spiro atoms. The molecule has 122 heavy (non-hydrogen) atoms. The molecule has 766 valence electrons. The third-order valence-corrected chi connectivity index (χ3v) is 21.1. The molecule has 8 atom stereocenters. The minimum absolute atomic E-state index is 0. The van der Waals surface area contributed by atoms with Crippen LogP contribution in [-0.2, 0) is 38.1 Å². The van der Waals surface area contributed by atoms with Crippen LogP contribution in [0.15, 0.2) is 0 Å². The zero-order valence-electron chi connectivity index (χ0n) is 73.8.